The van der Waals surface area contributed by atoms with Crippen molar-refractivity contribution in [3.05, 3.63) is 0 Å². The molecule has 0 aromatic rings. The van der Waals surface area contributed by atoms with Gasteiger partial charge in [-0.15, -0.1) is 0 Å². The van der Waals surface area contributed by atoms with E-state index in [2.05, 4.69) is 5.32 Å². The molecule has 84 valence electrons. The molecule has 0 aliphatic carbocycles. The fraction of sp³-hybridized carbons (Fsp3) is 0.900. The van der Waals surface area contributed by atoms with Crippen LogP contribution in [0.25, 0.3) is 0 Å². The predicted molar refractivity (Wildman–Crippen MR) is 57.0 cm³/mol. The summed E-state index contributed by atoms with van der Waals surface area (Å²) in [6.45, 7) is 4.78. The molecule has 0 unspecified atom stereocenters. The number of ether oxygens (including phenoxy) is 1. The van der Waals surface area contributed by atoms with Gasteiger partial charge in [-0.1, -0.05) is 0 Å². The summed E-state index contributed by atoms with van der Waals surface area (Å²) in [4.78, 5) is 11.2. The van der Waals surface area contributed by atoms with E-state index in [0.29, 0.717) is 19.6 Å². The predicted octanol–water partition coefficient (Wildman–Crippen LogP) is 0.658. The molecule has 0 spiro atoms. The Labute approximate surface area is 86.2 Å². The first-order valence-corrected chi connectivity index (χ1v) is 5.35. The maximum absolute atomic E-state index is 11.2. The highest BCUT2D eigenvalue weighted by atomic mass is 16.5. The number of hydrogen-bond acceptors (Lipinski definition) is 3. The Bertz CT molecular complexity index is 126. The Morgan fingerprint density at radius 3 is 2.79 bits per heavy atom. The molecule has 0 aromatic heterocycles. The molecule has 0 rings (SSSR count). The van der Waals surface area contributed by atoms with Gasteiger partial charge in [0, 0.05) is 26.2 Å². The molecule has 0 atom stereocenters. The summed E-state index contributed by atoms with van der Waals surface area (Å²) in [5, 5.41) is 2.84. The molecule has 0 radical (unpaired) electrons. The molecule has 0 aliphatic heterocycles. The number of nitrogens with one attached hydrogen (secondary N) is 1. The molecule has 4 heteroatoms. The minimum atomic E-state index is 0.113. The average molecular weight is 202 g/mol. The van der Waals surface area contributed by atoms with Gasteiger partial charge in [0.05, 0.1) is 0 Å². The van der Waals surface area contributed by atoms with Crippen LogP contribution in [-0.4, -0.2) is 32.2 Å². The fourth-order valence-corrected chi connectivity index (χ4v) is 1.06. The van der Waals surface area contributed by atoms with Crippen molar-refractivity contribution in [3.63, 3.8) is 0 Å². The number of amides is 1. The van der Waals surface area contributed by atoms with Crippen LogP contribution in [0.3, 0.4) is 0 Å². The molecular formula is C10H22N2O2. The highest BCUT2D eigenvalue weighted by molar-refractivity contribution is 5.75. The highest BCUT2D eigenvalue weighted by Gasteiger charge is 1.99. The number of carbonyl (C=O) groups is 1. The standard InChI is InChI=1S/C10H22N2O2/c1-2-14-9-5-6-10(13)12-8-4-3-7-11/h2-9,11H2,1H3,(H,12,13). The molecule has 0 aliphatic rings. The summed E-state index contributed by atoms with van der Waals surface area (Å²) in [5.74, 6) is 0.113. The van der Waals surface area contributed by atoms with E-state index in [1.807, 2.05) is 6.92 Å². The van der Waals surface area contributed by atoms with Crippen molar-refractivity contribution in [1.29, 1.82) is 0 Å². The minimum Gasteiger partial charge on any atom is -0.382 e. The van der Waals surface area contributed by atoms with E-state index in [4.69, 9.17) is 10.5 Å². The molecule has 0 heterocycles. The van der Waals surface area contributed by atoms with Gasteiger partial charge in [-0.2, -0.15) is 0 Å². The van der Waals surface area contributed by atoms with E-state index < -0.39 is 0 Å². The van der Waals surface area contributed by atoms with Gasteiger partial charge in [0.1, 0.15) is 0 Å². The summed E-state index contributed by atoms with van der Waals surface area (Å²) in [7, 11) is 0. The molecule has 0 bridgehead atoms. The second-order valence-electron chi connectivity index (χ2n) is 3.15. The Hall–Kier alpha value is -0.610. The van der Waals surface area contributed by atoms with Gasteiger partial charge in [0.15, 0.2) is 0 Å². The van der Waals surface area contributed by atoms with Crippen LogP contribution < -0.4 is 11.1 Å². The Morgan fingerprint density at radius 2 is 2.14 bits per heavy atom. The number of nitrogens with two attached hydrogens (primary N) is 1. The van der Waals surface area contributed by atoms with E-state index in [9.17, 15) is 4.79 Å². The van der Waals surface area contributed by atoms with Crippen LogP contribution in [0.2, 0.25) is 0 Å². The third-order valence-corrected chi connectivity index (χ3v) is 1.85. The molecule has 0 fully saturated rings. The average Bonchev–Trinajstić information content (AvgIpc) is 2.19. The second kappa shape index (κ2) is 10.5. The second-order valence-corrected chi connectivity index (χ2v) is 3.15. The first-order valence-electron chi connectivity index (χ1n) is 5.35. The Kier molecular flexibility index (Phi) is 10.0. The summed E-state index contributed by atoms with van der Waals surface area (Å²) < 4.78 is 5.13. The largest absolute Gasteiger partial charge is 0.382 e. The Morgan fingerprint density at radius 1 is 1.36 bits per heavy atom. The molecule has 1 amide bonds. The number of hydrogen-bond donors (Lipinski definition) is 2. The lowest BCUT2D eigenvalue weighted by Crippen LogP contribution is -2.24. The van der Waals surface area contributed by atoms with Crippen LogP contribution in [0.1, 0.15) is 32.6 Å². The molecule has 0 saturated carbocycles. The van der Waals surface area contributed by atoms with E-state index in [0.717, 1.165) is 32.4 Å². The van der Waals surface area contributed by atoms with E-state index >= 15 is 0 Å². The molecule has 0 saturated heterocycles. The SMILES string of the molecule is CCOCCCC(=O)NCCCCN. The first-order chi connectivity index (χ1) is 6.81. The van der Waals surface area contributed by atoms with Crippen LogP contribution >= 0.6 is 0 Å². The molecule has 4 nitrogen and oxygen atoms in total. The van der Waals surface area contributed by atoms with E-state index in [1.165, 1.54) is 0 Å². The van der Waals surface area contributed by atoms with Gasteiger partial charge in [0.2, 0.25) is 5.91 Å². The smallest absolute Gasteiger partial charge is 0.220 e. The third-order valence-electron chi connectivity index (χ3n) is 1.85. The van der Waals surface area contributed by atoms with Crippen LogP contribution in [0.15, 0.2) is 0 Å². The van der Waals surface area contributed by atoms with Gasteiger partial charge < -0.3 is 15.8 Å². The van der Waals surface area contributed by atoms with Gasteiger partial charge in [-0.25, -0.2) is 0 Å². The zero-order valence-corrected chi connectivity index (χ0v) is 9.05. The van der Waals surface area contributed by atoms with Crippen molar-refractivity contribution in [1.82, 2.24) is 5.32 Å². The lowest BCUT2D eigenvalue weighted by molar-refractivity contribution is -0.121. The minimum absolute atomic E-state index is 0.113. The number of rotatable bonds is 9. The van der Waals surface area contributed by atoms with Crippen molar-refractivity contribution in [2.45, 2.75) is 32.6 Å². The van der Waals surface area contributed by atoms with Crippen LogP contribution in [0, 0.1) is 0 Å². The van der Waals surface area contributed by atoms with E-state index in [1.54, 1.807) is 0 Å². The lowest BCUT2D eigenvalue weighted by Gasteiger charge is -2.04. The van der Waals surface area contributed by atoms with Gasteiger partial charge in [-0.05, 0) is 32.7 Å². The van der Waals surface area contributed by atoms with Crippen LogP contribution in [0.5, 0.6) is 0 Å². The molecule has 14 heavy (non-hydrogen) atoms. The summed E-state index contributed by atoms with van der Waals surface area (Å²) in [6, 6.07) is 0. The quantitative estimate of drug-likeness (QED) is 0.540. The monoisotopic (exact) mass is 202 g/mol. The first kappa shape index (κ1) is 13.4. The van der Waals surface area contributed by atoms with Gasteiger partial charge in [0.25, 0.3) is 0 Å². The third kappa shape index (κ3) is 9.48. The van der Waals surface area contributed by atoms with Gasteiger partial charge >= 0.3 is 0 Å². The van der Waals surface area contributed by atoms with Crippen molar-refractivity contribution >= 4 is 5.91 Å². The summed E-state index contributed by atoms with van der Waals surface area (Å²) >= 11 is 0. The normalized spacial score (nSPS) is 10.1. The van der Waals surface area contributed by atoms with Crippen molar-refractivity contribution < 1.29 is 9.53 Å². The maximum atomic E-state index is 11.2. The lowest BCUT2D eigenvalue weighted by atomic mass is 10.3. The maximum Gasteiger partial charge on any atom is 0.220 e. The topological polar surface area (TPSA) is 64.3 Å². The summed E-state index contributed by atoms with van der Waals surface area (Å²) in [5.41, 5.74) is 5.33. The fourth-order valence-electron chi connectivity index (χ4n) is 1.06. The molecule has 0 aromatic carbocycles. The number of carbonyl (C=O) groups excluding carboxylic acids is 1. The zero-order valence-electron chi connectivity index (χ0n) is 9.05. The molecular weight excluding hydrogens is 180 g/mol. The Balaban J connectivity index is 3.11. The van der Waals surface area contributed by atoms with Crippen molar-refractivity contribution in [2.75, 3.05) is 26.3 Å². The van der Waals surface area contributed by atoms with Gasteiger partial charge in [-0.3, -0.25) is 4.79 Å². The number of unbranched alkanes of at least 4 members (excludes halogenated alkanes) is 1. The van der Waals surface area contributed by atoms with Crippen LogP contribution in [0.4, 0.5) is 0 Å². The zero-order chi connectivity index (χ0) is 10.6. The summed E-state index contributed by atoms with van der Waals surface area (Å²) in [6.07, 6.45) is 3.30. The highest BCUT2D eigenvalue weighted by Crippen LogP contribution is 1.91. The van der Waals surface area contributed by atoms with Crippen molar-refractivity contribution in [3.8, 4) is 0 Å². The van der Waals surface area contributed by atoms with Crippen molar-refractivity contribution in [2.24, 2.45) is 5.73 Å². The van der Waals surface area contributed by atoms with E-state index in [-0.39, 0.29) is 5.91 Å². The molecule has 3 N–H and O–H groups in total. The van der Waals surface area contributed by atoms with Crippen LogP contribution in [-0.2, 0) is 9.53 Å².